The van der Waals surface area contributed by atoms with Crippen molar-refractivity contribution in [3.8, 4) is 0 Å². The van der Waals surface area contributed by atoms with E-state index in [1.54, 1.807) is 17.6 Å². The Morgan fingerprint density at radius 2 is 2.04 bits per heavy atom. The Kier molecular flexibility index (Phi) is 3.46. The second-order valence-corrected chi connectivity index (χ2v) is 6.97. The van der Waals surface area contributed by atoms with Crippen LogP contribution in [0.2, 0.25) is 0 Å². The van der Waals surface area contributed by atoms with Crippen molar-refractivity contribution in [3.63, 3.8) is 0 Å². The fourth-order valence-corrected chi connectivity index (χ4v) is 2.84. The quantitative estimate of drug-likeness (QED) is 0.715. The van der Waals surface area contributed by atoms with Gasteiger partial charge < -0.3 is 15.1 Å². The van der Waals surface area contributed by atoms with Crippen molar-refractivity contribution in [1.82, 2.24) is 29.9 Å². The van der Waals surface area contributed by atoms with E-state index in [0.717, 1.165) is 0 Å². The molecular formula is C14H21BN6O2. The lowest BCUT2D eigenvalue weighted by atomic mass is 9.99. The molecule has 0 bridgehead atoms. The zero-order chi connectivity index (χ0) is 16.9. The number of aromatic nitrogens is 4. The molecule has 2 N–H and O–H groups in total. The average molecular weight is 316 g/mol. The summed E-state index contributed by atoms with van der Waals surface area (Å²) in [6.45, 7) is 9.00. The van der Waals surface area contributed by atoms with Gasteiger partial charge in [-0.2, -0.15) is 5.10 Å². The van der Waals surface area contributed by atoms with E-state index in [2.05, 4.69) is 20.3 Å². The maximum absolute atomic E-state index is 12.4. The molecule has 0 aliphatic carbocycles. The first-order valence-electron chi connectivity index (χ1n) is 7.69. The minimum Gasteiger partial charge on any atom is -0.388 e. The van der Waals surface area contributed by atoms with Crippen molar-refractivity contribution >= 4 is 25.0 Å². The molecule has 2 aromatic heterocycles. The number of hydrogen-bond donors (Lipinski definition) is 2. The number of aromatic amines is 1. The molecule has 1 aliphatic heterocycles. The Morgan fingerprint density at radius 1 is 1.39 bits per heavy atom. The summed E-state index contributed by atoms with van der Waals surface area (Å²) in [4.78, 5) is 33.2. The van der Waals surface area contributed by atoms with Crippen LogP contribution in [0.4, 0.5) is 4.79 Å². The van der Waals surface area contributed by atoms with Crippen LogP contribution in [0.5, 0.6) is 0 Å². The zero-order valence-corrected chi connectivity index (χ0v) is 14.1. The molecule has 2 amide bonds. The van der Waals surface area contributed by atoms with Crippen LogP contribution in [0.1, 0.15) is 38.2 Å². The summed E-state index contributed by atoms with van der Waals surface area (Å²) < 4.78 is 1.80. The molecular weight excluding hydrogens is 295 g/mol. The minimum atomic E-state index is -0.266. The first-order valence-corrected chi connectivity index (χ1v) is 7.69. The second-order valence-electron chi connectivity index (χ2n) is 6.97. The van der Waals surface area contributed by atoms with E-state index in [1.165, 1.54) is 0 Å². The number of carbonyl (C=O) groups is 1. The number of nitrogens with one attached hydrogen (secondary N) is 2. The van der Waals surface area contributed by atoms with Crippen LogP contribution in [0.15, 0.2) is 4.79 Å². The van der Waals surface area contributed by atoms with E-state index >= 15 is 0 Å². The summed E-state index contributed by atoms with van der Waals surface area (Å²) in [5.41, 5.74) is 0.845. The van der Waals surface area contributed by atoms with Crippen LogP contribution in [0, 0.1) is 6.92 Å². The largest absolute Gasteiger partial charge is 0.388 e. The van der Waals surface area contributed by atoms with Gasteiger partial charge in [-0.3, -0.25) is 9.59 Å². The van der Waals surface area contributed by atoms with Gasteiger partial charge in [-0.15, -0.1) is 0 Å². The molecule has 9 heteroatoms. The lowest BCUT2D eigenvalue weighted by Gasteiger charge is -2.38. The fourth-order valence-electron chi connectivity index (χ4n) is 2.84. The van der Waals surface area contributed by atoms with Crippen molar-refractivity contribution in [3.05, 3.63) is 21.9 Å². The molecule has 3 heterocycles. The summed E-state index contributed by atoms with van der Waals surface area (Å²) in [5, 5.41) is 7.61. The van der Waals surface area contributed by atoms with Gasteiger partial charge in [0.1, 0.15) is 11.2 Å². The zero-order valence-electron chi connectivity index (χ0n) is 14.1. The lowest BCUT2D eigenvalue weighted by Crippen LogP contribution is -2.52. The summed E-state index contributed by atoms with van der Waals surface area (Å²) in [5.74, 6) is 0.668. The lowest BCUT2D eigenvalue weighted by molar-refractivity contribution is 0.153. The van der Waals surface area contributed by atoms with Crippen molar-refractivity contribution in [2.45, 2.75) is 39.2 Å². The number of H-pyrrole nitrogens is 1. The van der Waals surface area contributed by atoms with Crippen LogP contribution in [-0.4, -0.2) is 51.8 Å². The maximum Gasteiger partial charge on any atom is 0.304 e. The Morgan fingerprint density at radius 3 is 2.61 bits per heavy atom. The molecule has 0 atom stereocenters. The monoisotopic (exact) mass is 316 g/mol. The SMILES string of the molecule is BNC(=O)N1CC(c2nc3c(c(C)nn3C(C)(C)C)c(=O)[nH]2)C1. The van der Waals surface area contributed by atoms with E-state index in [0.29, 0.717) is 35.6 Å². The third kappa shape index (κ3) is 2.49. The Balaban J connectivity index is 2.02. The van der Waals surface area contributed by atoms with Crippen LogP contribution in [-0.2, 0) is 5.54 Å². The van der Waals surface area contributed by atoms with E-state index in [9.17, 15) is 9.59 Å². The highest BCUT2D eigenvalue weighted by Crippen LogP contribution is 2.26. The second kappa shape index (κ2) is 5.11. The summed E-state index contributed by atoms with van der Waals surface area (Å²) in [7, 11) is 1.60. The van der Waals surface area contributed by atoms with E-state index in [-0.39, 0.29) is 23.0 Å². The summed E-state index contributed by atoms with van der Waals surface area (Å²) in [6.07, 6.45) is 0. The molecule has 0 spiro atoms. The molecule has 23 heavy (non-hydrogen) atoms. The van der Waals surface area contributed by atoms with Crippen molar-refractivity contribution in [1.29, 1.82) is 0 Å². The number of fused-ring (bicyclic) bond motifs is 1. The van der Waals surface area contributed by atoms with Gasteiger partial charge in [-0.05, 0) is 27.7 Å². The van der Waals surface area contributed by atoms with Gasteiger partial charge in [0.15, 0.2) is 5.65 Å². The summed E-state index contributed by atoms with van der Waals surface area (Å²) in [6, 6.07) is -0.111. The molecule has 0 saturated carbocycles. The van der Waals surface area contributed by atoms with Crippen LogP contribution < -0.4 is 10.8 Å². The first-order chi connectivity index (χ1) is 10.7. The molecule has 1 fully saturated rings. The van der Waals surface area contributed by atoms with Gasteiger partial charge in [0.25, 0.3) is 5.56 Å². The minimum absolute atomic E-state index is 0.0491. The van der Waals surface area contributed by atoms with Gasteiger partial charge >= 0.3 is 6.03 Å². The number of nitrogens with zero attached hydrogens (tertiary/aromatic N) is 4. The van der Waals surface area contributed by atoms with Crippen molar-refractivity contribution in [2.24, 2.45) is 0 Å². The maximum atomic E-state index is 12.4. The fraction of sp³-hybridized carbons (Fsp3) is 0.571. The summed E-state index contributed by atoms with van der Waals surface area (Å²) >= 11 is 0. The smallest absolute Gasteiger partial charge is 0.304 e. The highest BCUT2D eigenvalue weighted by Gasteiger charge is 2.34. The molecule has 0 radical (unpaired) electrons. The topological polar surface area (TPSA) is 95.9 Å². The predicted octanol–water partition coefficient (Wildman–Crippen LogP) is -0.160. The molecule has 8 nitrogen and oxygen atoms in total. The van der Waals surface area contributed by atoms with Gasteiger partial charge in [0.2, 0.25) is 7.98 Å². The van der Waals surface area contributed by atoms with Gasteiger partial charge in [0, 0.05) is 13.1 Å². The molecule has 122 valence electrons. The predicted molar refractivity (Wildman–Crippen MR) is 89.3 cm³/mol. The Hall–Kier alpha value is -2.32. The first kappa shape index (κ1) is 15.6. The van der Waals surface area contributed by atoms with Crippen molar-refractivity contribution in [2.75, 3.05) is 13.1 Å². The molecule has 3 rings (SSSR count). The third-order valence-corrected chi connectivity index (χ3v) is 4.14. The highest BCUT2D eigenvalue weighted by atomic mass is 16.2. The van der Waals surface area contributed by atoms with Gasteiger partial charge in [0.05, 0.1) is 17.2 Å². The third-order valence-electron chi connectivity index (χ3n) is 4.14. The Labute approximate surface area is 134 Å². The number of hydrogen-bond acceptors (Lipinski definition) is 4. The standard InChI is InChI=1S/C14H21BN6O2/c1-7-9-11(21(19-7)14(2,3)4)16-10(17-12(9)22)8-5-20(6-8)13(23)18-15/h8H,5-6,15H2,1-4H3,(H,18,23)(H,16,17,22). The van der Waals surface area contributed by atoms with E-state index < -0.39 is 0 Å². The molecule has 0 aromatic carbocycles. The highest BCUT2D eigenvalue weighted by molar-refractivity contribution is 6.13. The number of amides is 2. The van der Waals surface area contributed by atoms with Crippen molar-refractivity contribution < 1.29 is 4.79 Å². The number of urea groups is 1. The number of carbonyl (C=O) groups excluding carboxylic acids is 1. The normalized spacial score (nSPS) is 15.7. The number of likely N-dealkylation sites (tertiary alicyclic amines) is 1. The van der Waals surface area contributed by atoms with Crippen LogP contribution in [0.3, 0.4) is 0 Å². The Bertz CT molecular complexity index is 828. The number of rotatable bonds is 1. The molecule has 2 aromatic rings. The van der Waals surface area contributed by atoms with Crippen LogP contribution in [0.25, 0.3) is 11.0 Å². The average Bonchev–Trinajstić information content (AvgIpc) is 2.74. The van der Waals surface area contributed by atoms with Crippen LogP contribution >= 0.6 is 0 Å². The van der Waals surface area contributed by atoms with E-state index in [4.69, 9.17) is 0 Å². The molecule has 1 saturated heterocycles. The van der Waals surface area contributed by atoms with Gasteiger partial charge in [-0.25, -0.2) is 9.67 Å². The molecule has 1 aliphatic rings. The van der Waals surface area contributed by atoms with Gasteiger partial charge in [-0.1, -0.05) is 0 Å². The van der Waals surface area contributed by atoms with E-state index in [1.807, 2.05) is 27.7 Å². The molecule has 0 unspecified atom stereocenters. The number of aryl methyl sites for hydroxylation is 1.